The molecular formula is C15H21N3O. The summed E-state index contributed by atoms with van der Waals surface area (Å²) in [6.07, 6.45) is 1.85. The van der Waals surface area contributed by atoms with E-state index in [0.717, 1.165) is 17.8 Å². The van der Waals surface area contributed by atoms with Gasteiger partial charge in [0.05, 0.1) is 12.3 Å². The largest absolute Gasteiger partial charge is 0.366 e. The van der Waals surface area contributed by atoms with Gasteiger partial charge in [-0.15, -0.1) is 0 Å². The summed E-state index contributed by atoms with van der Waals surface area (Å²) in [6, 6.07) is 12.2. The van der Waals surface area contributed by atoms with Crippen LogP contribution in [0.2, 0.25) is 0 Å². The van der Waals surface area contributed by atoms with E-state index in [9.17, 15) is 0 Å². The van der Waals surface area contributed by atoms with Gasteiger partial charge in [-0.1, -0.05) is 30.3 Å². The van der Waals surface area contributed by atoms with Crippen molar-refractivity contribution in [1.29, 1.82) is 0 Å². The highest BCUT2D eigenvalue weighted by molar-refractivity contribution is 5.25. The number of nitrogens with zero attached hydrogens (tertiary/aromatic N) is 3. The molecular weight excluding hydrogens is 238 g/mol. The van der Waals surface area contributed by atoms with Gasteiger partial charge in [-0.3, -0.25) is 4.68 Å². The van der Waals surface area contributed by atoms with Crippen LogP contribution < -0.4 is 0 Å². The van der Waals surface area contributed by atoms with Crippen LogP contribution in [0.1, 0.15) is 17.4 Å². The van der Waals surface area contributed by atoms with Crippen LogP contribution in [0.5, 0.6) is 0 Å². The maximum Gasteiger partial charge on any atom is 0.126 e. The first-order chi connectivity index (χ1) is 9.16. The van der Waals surface area contributed by atoms with E-state index in [1.54, 1.807) is 4.68 Å². The summed E-state index contributed by atoms with van der Waals surface area (Å²) in [7, 11) is 6.01. The lowest BCUT2D eigenvalue weighted by Gasteiger charge is -2.18. The summed E-state index contributed by atoms with van der Waals surface area (Å²) in [5.74, 6) is 0. The SMILES string of the molecule is CN(C)CCOC(c1ccccc1)c1ccn(C)n1. The molecule has 0 spiro atoms. The summed E-state index contributed by atoms with van der Waals surface area (Å²) >= 11 is 0. The first-order valence-corrected chi connectivity index (χ1v) is 6.47. The van der Waals surface area contributed by atoms with E-state index in [-0.39, 0.29) is 6.10 Å². The predicted octanol–water partition coefficient (Wildman–Crippen LogP) is 2.09. The van der Waals surface area contributed by atoms with Gasteiger partial charge in [0.15, 0.2) is 0 Å². The number of aromatic nitrogens is 2. The second-order valence-electron chi connectivity index (χ2n) is 4.88. The maximum atomic E-state index is 6.02. The van der Waals surface area contributed by atoms with Crippen LogP contribution in [0, 0.1) is 0 Å². The minimum atomic E-state index is -0.0950. The molecule has 2 aromatic rings. The van der Waals surface area contributed by atoms with Gasteiger partial charge in [0.1, 0.15) is 6.10 Å². The highest BCUT2D eigenvalue weighted by Crippen LogP contribution is 2.24. The van der Waals surface area contributed by atoms with Crippen LogP contribution >= 0.6 is 0 Å². The highest BCUT2D eigenvalue weighted by Gasteiger charge is 2.17. The third-order valence-electron chi connectivity index (χ3n) is 2.93. The molecule has 0 amide bonds. The van der Waals surface area contributed by atoms with E-state index in [2.05, 4.69) is 22.1 Å². The molecule has 2 rings (SSSR count). The number of ether oxygens (including phenoxy) is 1. The van der Waals surface area contributed by atoms with Gasteiger partial charge in [0.25, 0.3) is 0 Å². The van der Waals surface area contributed by atoms with Gasteiger partial charge in [-0.05, 0) is 25.7 Å². The lowest BCUT2D eigenvalue weighted by Crippen LogP contribution is -2.20. The van der Waals surface area contributed by atoms with E-state index < -0.39 is 0 Å². The van der Waals surface area contributed by atoms with E-state index in [0.29, 0.717) is 6.61 Å². The first-order valence-electron chi connectivity index (χ1n) is 6.47. The van der Waals surface area contributed by atoms with Gasteiger partial charge in [0, 0.05) is 19.8 Å². The van der Waals surface area contributed by atoms with Crippen LogP contribution in [-0.4, -0.2) is 41.9 Å². The fourth-order valence-electron chi connectivity index (χ4n) is 1.91. The zero-order chi connectivity index (χ0) is 13.7. The minimum Gasteiger partial charge on any atom is -0.366 e. The number of benzene rings is 1. The molecule has 0 fully saturated rings. The van der Waals surface area contributed by atoms with E-state index in [1.807, 2.05) is 51.6 Å². The molecule has 0 radical (unpaired) electrons. The van der Waals surface area contributed by atoms with Gasteiger partial charge in [-0.25, -0.2) is 0 Å². The molecule has 4 heteroatoms. The molecule has 0 N–H and O–H groups in total. The van der Waals surface area contributed by atoms with Gasteiger partial charge < -0.3 is 9.64 Å². The van der Waals surface area contributed by atoms with Crippen molar-refractivity contribution < 1.29 is 4.74 Å². The summed E-state index contributed by atoms with van der Waals surface area (Å²) < 4.78 is 7.83. The van der Waals surface area contributed by atoms with Crippen LogP contribution in [0.4, 0.5) is 0 Å². The summed E-state index contributed by atoms with van der Waals surface area (Å²) in [5, 5.41) is 4.46. The van der Waals surface area contributed by atoms with Crippen molar-refractivity contribution >= 4 is 0 Å². The maximum absolute atomic E-state index is 6.02. The van der Waals surface area contributed by atoms with Crippen LogP contribution in [0.15, 0.2) is 42.6 Å². The Balaban J connectivity index is 2.14. The second-order valence-corrected chi connectivity index (χ2v) is 4.88. The van der Waals surface area contributed by atoms with Crippen molar-refractivity contribution in [3.8, 4) is 0 Å². The Kier molecular flexibility index (Phi) is 4.71. The zero-order valence-electron chi connectivity index (χ0n) is 11.8. The van der Waals surface area contributed by atoms with Crippen LogP contribution in [0.25, 0.3) is 0 Å². The van der Waals surface area contributed by atoms with E-state index in [4.69, 9.17) is 4.74 Å². The van der Waals surface area contributed by atoms with Gasteiger partial charge >= 0.3 is 0 Å². The zero-order valence-corrected chi connectivity index (χ0v) is 11.8. The predicted molar refractivity (Wildman–Crippen MR) is 76.0 cm³/mol. The summed E-state index contributed by atoms with van der Waals surface area (Å²) in [4.78, 5) is 2.11. The molecule has 0 aliphatic heterocycles. The Morgan fingerprint density at radius 1 is 1.21 bits per heavy atom. The average molecular weight is 259 g/mol. The fraction of sp³-hybridized carbons (Fsp3) is 0.400. The van der Waals surface area contributed by atoms with Crippen molar-refractivity contribution in [3.05, 3.63) is 53.9 Å². The molecule has 0 saturated heterocycles. The quantitative estimate of drug-likeness (QED) is 0.795. The smallest absolute Gasteiger partial charge is 0.126 e. The minimum absolute atomic E-state index is 0.0950. The molecule has 0 aliphatic carbocycles. The number of hydrogen-bond donors (Lipinski definition) is 0. The van der Waals surface area contributed by atoms with Crippen molar-refractivity contribution in [2.75, 3.05) is 27.2 Å². The lowest BCUT2D eigenvalue weighted by molar-refractivity contribution is 0.0658. The Bertz CT molecular complexity index is 493. The van der Waals surface area contributed by atoms with Crippen molar-refractivity contribution in [3.63, 3.8) is 0 Å². The Labute approximate surface area is 114 Å². The molecule has 1 aromatic heterocycles. The Morgan fingerprint density at radius 2 is 1.95 bits per heavy atom. The van der Waals surface area contributed by atoms with Crippen molar-refractivity contribution in [2.24, 2.45) is 7.05 Å². The monoisotopic (exact) mass is 259 g/mol. The lowest BCUT2D eigenvalue weighted by atomic mass is 10.1. The standard InChI is InChI=1S/C15H21N3O/c1-17(2)11-12-19-15(13-7-5-4-6-8-13)14-9-10-18(3)16-14/h4-10,15H,11-12H2,1-3H3. The molecule has 0 saturated carbocycles. The molecule has 4 nitrogen and oxygen atoms in total. The third-order valence-corrected chi connectivity index (χ3v) is 2.93. The van der Waals surface area contributed by atoms with Crippen molar-refractivity contribution in [1.82, 2.24) is 14.7 Å². The molecule has 1 heterocycles. The third kappa shape index (κ3) is 3.91. The number of hydrogen-bond acceptors (Lipinski definition) is 3. The van der Waals surface area contributed by atoms with Gasteiger partial charge in [0.2, 0.25) is 0 Å². The summed E-state index contributed by atoms with van der Waals surface area (Å²) in [6.45, 7) is 1.58. The van der Waals surface area contributed by atoms with E-state index >= 15 is 0 Å². The molecule has 1 unspecified atom stereocenters. The summed E-state index contributed by atoms with van der Waals surface area (Å²) in [5.41, 5.74) is 2.09. The molecule has 1 aromatic carbocycles. The van der Waals surface area contributed by atoms with Crippen LogP contribution in [-0.2, 0) is 11.8 Å². The fourth-order valence-corrected chi connectivity index (χ4v) is 1.91. The molecule has 0 aliphatic rings. The Morgan fingerprint density at radius 3 is 2.53 bits per heavy atom. The molecule has 19 heavy (non-hydrogen) atoms. The highest BCUT2D eigenvalue weighted by atomic mass is 16.5. The van der Waals surface area contributed by atoms with Crippen molar-refractivity contribution in [2.45, 2.75) is 6.10 Å². The number of aryl methyl sites for hydroxylation is 1. The number of rotatable bonds is 6. The normalized spacial score (nSPS) is 12.8. The molecule has 0 bridgehead atoms. The second kappa shape index (κ2) is 6.50. The van der Waals surface area contributed by atoms with Crippen LogP contribution in [0.3, 0.4) is 0 Å². The number of likely N-dealkylation sites (N-methyl/N-ethyl adjacent to an activating group) is 1. The average Bonchev–Trinajstić information content (AvgIpc) is 2.82. The Hall–Kier alpha value is -1.65. The molecule has 102 valence electrons. The van der Waals surface area contributed by atoms with Gasteiger partial charge in [-0.2, -0.15) is 5.10 Å². The first kappa shape index (κ1) is 13.8. The molecule has 1 atom stereocenters. The topological polar surface area (TPSA) is 30.3 Å². The van der Waals surface area contributed by atoms with E-state index in [1.165, 1.54) is 0 Å².